The molecule has 0 radical (unpaired) electrons. The van der Waals surface area contributed by atoms with Gasteiger partial charge in [0.05, 0.1) is 17.9 Å². The van der Waals surface area contributed by atoms with Crippen LogP contribution >= 0.6 is 0 Å². The van der Waals surface area contributed by atoms with E-state index in [2.05, 4.69) is 33.5 Å². The smallest absolute Gasteiger partial charge is 0.256 e. The topological polar surface area (TPSA) is 92.7 Å². The standard InChI is InChI=1S/C27H30N4O4/c1-35-15-14-30-17-18(20-7-2-3-8-23(20)30)6-4-10-25(32)28-19-11-12-22-21(16-19)27(34)31-13-5-9-24(31)26(33)29-22/h2-3,7-8,11-12,16-17,24H,4-6,9-10,13-15H2,1H3,(H,28,32)(H,29,33)/t24-/m1/s1. The molecule has 8 nitrogen and oxygen atoms in total. The zero-order chi connectivity index (χ0) is 24.4. The number of nitrogens with zero attached hydrogens (tertiary/aromatic N) is 2. The molecule has 0 spiro atoms. The van der Waals surface area contributed by atoms with Crippen LogP contribution in [-0.4, -0.2) is 53.5 Å². The van der Waals surface area contributed by atoms with Gasteiger partial charge in [-0.2, -0.15) is 0 Å². The van der Waals surface area contributed by atoms with Gasteiger partial charge in [0.1, 0.15) is 6.04 Å². The number of anilines is 2. The molecule has 2 aromatic carbocycles. The minimum Gasteiger partial charge on any atom is -0.383 e. The minimum atomic E-state index is -0.409. The number of aryl methyl sites for hydroxylation is 1. The Bertz CT molecular complexity index is 1280. The van der Waals surface area contributed by atoms with Crippen LogP contribution in [0.2, 0.25) is 0 Å². The Labute approximate surface area is 204 Å². The van der Waals surface area contributed by atoms with Gasteiger partial charge >= 0.3 is 0 Å². The number of aromatic nitrogens is 1. The molecule has 2 aliphatic heterocycles. The van der Waals surface area contributed by atoms with Gasteiger partial charge in [0.2, 0.25) is 11.8 Å². The number of nitrogens with one attached hydrogen (secondary N) is 2. The maximum atomic E-state index is 13.0. The van der Waals surface area contributed by atoms with Crippen molar-refractivity contribution in [1.82, 2.24) is 9.47 Å². The maximum absolute atomic E-state index is 13.0. The van der Waals surface area contributed by atoms with Gasteiger partial charge in [-0.1, -0.05) is 18.2 Å². The lowest BCUT2D eigenvalue weighted by molar-refractivity contribution is -0.119. The highest BCUT2D eigenvalue weighted by Crippen LogP contribution is 2.30. The number of carbonyl (C=O) groups is 3. The van der Waals surface area contributed by atoms with E-state index < -0.39 is 6.04 Å². The molecule has 1 saturated heterocycles. The molecule has 182 valence electrons. The summed E-state index contributed by atoms with van der Waals surface area (Å²) in [7, 11) is 1.70. The van der Waals surface area contributed by atoms with Crippen LogP contribution in [0.25, 0.3) is 10.9 Å². The molecule has 0 saturated carbocycles. The van der Waals surface area contributed by atoms with Gasteiger partial charge in [-0.05, 0) is 55.5 Å². The molecule has 1 atom stereocenters. The Morgan fingerprint density at radius 3 is 2.91 bits per heavy atom. The predicted molar refractivity (Wildman–Crippen MR) is 135 cm³/mol. The Morgan fingerprint density at radius 2 is 2.06 bits per heavy atom. The van der Waals surface area contributed by atoms with Crippen molar-refractivity contribution in [3.8, 4) is 0 Å². The lowest BCUT2D eigenvalue weighted by Gasteiger charge is -2.20. The first kappa shape index (κ1) is 23.1. The average molecular weight is 475 g/mol. The van der Waals surface area contributed by atoms with Crippen LogP contribution in [0.4, 0.5) is 11.4 Å². The molecule has 3 heterocycles. The lowest BCUT2D eigenvalue weighted by atomic mass is 10.1. The van der Waals surface area contributed by atoms with E-state index in [4.69, 9.17) is 4.74 Å². The van der Waals surface area contributed by atoms with Crippen molar-refractivity contribution >= 4 is 40.0 Å². The van der Waals surface area contributed by atoms with E-state index >= 15 is 0 Å². The van der Waals surface area contributed by atoms with E-state index in [1.807, 2.05) is 12.1 Å². The first-order valence-corrected chi connectivity index (χ1v) is 12.2. The van der Waals surface area contributed by atoms with E-state index in [0.717, 1.165) is 19.4 Å². The normalized spacial score (nSPS) is 17.2. The summed E-state index contributed by atoms with van der Waals surface area (Å²) in [6, 6.07) is 13.0. The van der Waals surface area contributed by atoms with Crippen molar-refractivity contribution < 1.29 is 19.1 Å². The second-order valence-electron chi connectivity index (χ2n) is 9.17. The first-order chi connectivity index (χ1) is 17.0. The van der Waals surface area contributed by atoms with E-state index in [1.165, 1.54) is 16.5 Å². The Morgan fingerprint density at radius 1 is 1.20 bits per heavy atom. The van der Waals surface area contributed by atoms with Gasteiger partial charge in [-0.25, -0.2) is 0 Å². The summed E-state index contributed by atoms with van der Waals surface area (Å²) in [6.45, 7) is 2.01. The maximum Gasteiger partial charge on any atom is 0.256 e. The molecule has 3 aromatic rings. The van der Waals surface area contributed by atoms with Crippen LogP contribution < -0.4 is 10.6 Å². The number of para-hydroxylation sites is 1. The molecule has 0 unspecified atom stereocenters. The molecule has 3 amide bonds. The number of benzene rings is 2. The predicted octanol–water partition coefficient (Wildman–Crippen LogP) is 3.81. The summed E-state index contributed by atoms with van der Waals surface area (Å²) in [6.07, 6.45) is 5.52. The van der Waals surface area contributed by atoms with Crippen LogP contribution in [-0.2, 0) is 27.3 Å². The van der Waals surface area contributed by atoms with Gasteiger partial charge < -0.3 is 24.8 Å². The number of amides is 3. The van der Waals surface area contributed by atoms with Crippen LogP contribution in [0.1, 0.15) is 41.6 Å². The number of ether oxygens (including phenoxy) is 1. The second kappa shape index (κ2) is 9.92. The molecular weight excluding hydrogens is 444 g/mol. The zero-order valence-corrected chi connectivity index (χ0v) is 19.9. The number of rotatable bonds is 8. The Hall–Kier alpha value is -3.65. The summed E-state index contributed by atoms with van der Waals surface area (Å²) in [5, 5.41) is 6.98. The van der Waals surface area contributed by atoms with Crippen molar-refractivity contribution in [1.29, 1.82) is 0 Å². The van der Waals surface area contributed by atoms with Crippen LogP contribution in [0.15, 0.2) is 48.7 Å². The molecule has 35 heavy (non-hydrogen) atoms. The van der Waals surface area contributed by atoms with Gasteiger partial charge in [-0.15, -0.1) is 0 Å². The third-order valence-electron chi connectivity index (χ3n) is 6.87. The number of fused-ring (bicyclic) bond motifs is 3. The van der Waals surface area contributed by atoms with Crippen molar-refractivity contribution in [2.75, 3.05) is 30.9 Å². The minimum absolute atomic E-state index is 0.0998. The number of methoxy groups -OCH3 is 1. The third kappa shape index (κ3) is 4.66. The fraction of sp³-hybridized carbons (Fsp3) is 0.370. The van der Waals surface area contributed by atoms with E-state index in [-0.39, 0.29) is 17.7 Å². The van der Waals surface area contributed by atoms with E-state index in [1.54, 1.807) is 30.2 Å². The fourth-order valence-electron chi connectivity index (χ4n) is 5.12. The Balaban J connectivity index is 1.22. The molecule has 2 aliphatic rings. The van der Waals surface area contributed by atoms with Crippen LogP contribution in [0.3, 0.4) is 0 Å². The Kier molecular flexibility index (Phi) is 6.55. The molecular formula is C27H30N4O4. The van der Waals surface area contributed by atoms with E-state index in [0.29, 0.717) is 49.4 Å². The van der Waals surface area contributed by atoms with Gasteiger partial charge in [0.15, 0.2) is 0 Å². The van der Waals surface area contributed by atoms with Crippen molar-refractivity contribution in [3.05, 3.63) is 59.8 Å². The van der Waals surface area contributed by atoms with Crippen molar-refractivity contribution in [3.63, 3.8) is 0 Å². The summed E-state index contributed by atoms with van der Waals surface area (Å²) in [4.78, 5) is 39.8. The summed E-state index contributed by atoms with van der Waals surface area (Å²) in [5.41, 5.74) is 3.87. The van der Waals surface area contributed by atoms with Crippen molar-refractivity contribution in [2.45, 2.75) is 44.7 Å². The second-order valence-corrected chi connectivity index (χ2v) is 9.17. The highest BCUT2D eigenvalue weighted by Gasteiger charge is 2.38. The highest BCUT2D eigenvalue weighted by atomic mass is 16.5. The monoisotopic (exact) mass is 474 g/mol. The largest absolute Gasteiger partial charge is 0.383 e. The molecule has 1 fully saturated rings. The van der Waals surface area contributed by atoms with Gasteiger partial charge in [0.25, 0.3) is 5.91 Å². The molecule has 0 aliphatic carbocycles. The highest BCUT2D eigenvalue weighted by molar-refractivity contribution is 6.11. The van der Waals surface area contributed by atoms with Crippen molar-refractivity contribution in [2.24, 2.45) is 0 Å². The fourth-order valence-corrected chi connectivity index (χ4v) is 5.12. The van der Waals surface area contributed by atoms with Crippen LogP contribution in [0, 0.1) is 0 Å². The SMILES string of the molecule is COCCn1cc(CCCC(=O)Nc2ccc3c(c2)C(=O)N2CCC[C@@H]2C(=O)N3)c2ccccc21. The molecule has 5 rings (SSSR count). The summed E-state index contributed by atoms with van der Waals surface area (Å²) >= 11 is 0. The summed E-state index contributed by atoms with van der Waals surface area (Å²) in [5.74, 6) is -0.408. The van der Waals surface area contributed by atoms with Gasteiger partial charge in [-0.3, -0.25) is 14.4 Å². The molecule has 8 heteroatoms. The van der Waals surface area contributed by atoms with Gasteiger partial charge in [0, 0.05) is 49.4 Å². The number of hydrogen-bond donors (Lipinski definition) is 2. The quantitative estimate of drug-likeness (QED) is 0.519. The zero-order valence-electron chi connectivity index (χ0n) is 19.9. The van der Waals surface area contributed by atoms with Crippen LogP contribution in [0.5, 0.6) is 0 Å². The average Bonchev–Trinajstić information content (AvgIpc) is 3.47. The molecule has 1 aromatic heterocycles. The molecule has 2 N–H and O–H groups in total. The number of carbonyl (C=O) groups excluding carboxylic acids is 3. The number of hydrogen-bond acceptors (Lipinski definition) is 4. The lowest BCUT2D eigenvalue weighted by Crippen LogP contribution is -2.40. The van der Waals surface area contributed by atoms with E-state index in [9.17, 15) is 14.4 Å². The first-order valence-electron chi connectivity index (χ1n) is 12.2. The summed E-state index contributed by atoms with van der Waals surface area (Å²) < 4.78 is 7.43. The third-order valence-corrected chi connectivity index (χ3v) is 6.87. The molecule has 0 bridgehead atoms.